The molecule has 1 heterocycles. The van der Waals surface area contributed by atoms with Gasteiger partial charge in [0.05, 0.1) is 24.9 Å². The van der Waals surface area contributed by atoms with Crippen molar-refractivity contribution in [3.05, 3.63) is 28.0 Å². The van der Waals surface area contributed by atoms with Crippen LogP contribution in [0.1, 0.15) is 31.4 Å². The van der Waals surface area contributed by atoms with Gasteiger partial charge >= 0.3 is 0 Å². The van der Waals surface area contributed by atoms with Crippen LogP contribution in [0, 0.1) is 5.82 Å². The minimum Gasteiger partial charge on any atom is -0.490 e. The first-order chi connectivity index (χ1) is 8.58. The van der Waals surface area contributed by atoms with Crippen LogP contribution >= 0.6 is 15.9 Å². The molecule has 1 aromatic rings. The summed E-state index contributed by atoms with van der Waals surface area (Å²) in [5, 5.41) is 9.65. The van der Waals surface area contributed by atoms with Gasteiger partial charge in [0.15, 0.2) is 0 Å². The number of ether oxygens (including phenoxy) is 2. The minimum atomic E-state index is -0.895. The minimum absolute atomic E-state index is 0.0185. The maximum absolute atomic E-state index is 13.8. The number of aliphatic hydroxyl groups excluding tert-OH is 1. The Morgan fingerprint density at radius 2 is 2.11 bits per heavy atom. The van der Waals surface area contributed by atoms with Crippen LogP contribution in [-0.2, 0) is 4.74 Å². The number of rotatable bonds is 3. The van der Waals surface area contributed by atoms with Crippen molar-refractivity contribution in [1.29, 1.82) is 0 Å². The van der Waals surface area contributed by atoms with Gasteiger partial charge in [0.1, 0.15) is 17.7 Å². The average Bonchev–Trinajstić information content (AvgIpc) is 2.28. The van der Waals surface area contributed by atoms with E-state index in [1.807, 2.05) is 0 Å². The van der Waals surface area contributed by atoms with Crippen molar-refractivity contribution in [2.24, 2.45) is 0 Å². The van der Waals surface area contributed by atoms with Gasteiger partial charge in [-0.2, -0.15) is 0 Å². The summed E-state index contributed by atoms with van der Waals surface area (Å²) >= 11 is 3.23. The smallest absolute Gasteiger partial charge is 0.133 e. The summed E-state index contributed by atoms with van der Waals surface area (Å²) in [6.07, 6.45) is 0.693. The van der Waals surface area contributed by atoms with Crippen molar-refractivity contribution >= 4 is 15.9 Å². The summed E-state index contributed by atoms with van der Waals surface area (Å²) in [4.78, 5) is 0. The summed E-state index contributed by atoms with van der Waals surface area (Å²) in [6, 6.07) is 3.03. The van der Waals surface area contributed by atoms with E-state index < -0.39 is 11.9 Å². The lowest BCUT2D eigenvalue weighted by Gasteiger charge is -2.25. The quantitative estimate of drug-likeness (QED) is 0.930. The Kier molecular flexibility index (Phi) is 4.59. The lowest BCUT2D eigenvalue weighted by molar-refractivity contribution is 0.0240. The van der Waals surface area contributed by atoms with Crippen molar-refractivity contribution in [3.63, 3.8) is 0 Å². The van der Waals surface area contributed by atoms with Crippen LogP contribution in [0.15, 0.2) is 16.6 Å². The topological polar surface area (TPSA) is 38.7 Å². The summed E-state index contributed by atoms with van der Waals surface area (Å²) in [5.74, 6) is -0.0507. The van der Waals surface area contributed by atoms with Gasteiger partial charge in [0, 0.05) is 17.3 Å². The molecule has 0 radical (unpaired) electrons. The lowest BCUT2D eigenvalue weighted by Crippen LogP contribution is -2.26. The monoisotopic (exact) mass is 318 g/mol. The van der Waals surface area contributed by atoms with Gasteiger partial charge in [0.25, 0.3) is 0 Å². The highest BCUT2D eigenvalue weighted by Crippen LogP contribution is 2.33. The number of hydrogen-bond donors (Lipinski definition) is 1. The fraction of sp³-hybridized carbons (Fsp3) is 0.538. The molecule has 100 valence electrons. The van der Waals surface area contributed by atoms with Gasteiger partial charge in [0.2, 0.25) is 0 Å². The molecule has 1 saturated heterocycles. The molecule has 2 rings (SSSR count). The van der Waals surface area contributed by atoms with E-state index in [4.69, 9.17) is 9.47 Å². The molecule has 1 fully saturated rings. The second kappa shape index (κ2) is 5.99. The van der Waals surface area contributed by atoms with Gasteiger partial charge in [-0.05, 0) is 19.1 Å². The standard InChI is InChI=1S/C13H16BrFO3/c1-8(16)13-11(15)6-9(14)7-12(13)18-10-2-4-17-5-3-10/h6-8,10,16H,2-5H2,1H3/t8-/m0/s1. The third kappa shape index (κ3) is 3.22. The molecule has 1 aromatic carbocycles. The van der Waals surface area contributed by atoms with E-state index in [-0.39, 0.29) is 11.7 Å². The molecule has 0 bridgehead atoms. The number of benzene rings is 1. The number of halogens is 2. The summed E-state index contributed by atoms with van der Waals surface area (Å²) in [7, 11) is 0. The number of hydrogen-bond acceptors (Lipinski definition) is 3. The van der Waals surface area contributed by atoms with Gasteiger partial charge in [-0.15, -0.1) is 0 Å². The first-order valence-electron chi connectivity index (χ1n) is 5.99. The highest BCUT2D eigenvalue weighted by atomic mass is 79.9. The Morgan fingerprint density at radius 3 is 2.72 bits per heavy atom. The van der Waals surface area contributed by atoms with E-state index >= 15 is 0 Å². The SMILES string of the molecule is C[C@H](O)c1c(F)cc(Br)cc1OC1CCOCC1. The molecule has 0 aliphatic carbocycles. The van der Waals surface area contributed by atoms with Crippen LogP contribution < -0.4 is 4.74 Å². The largest absolute Gasteiger partial charge is 0.490 e. The molecule has 0 spiro atoms. The van der Waals surface area contributed by atoms with Crippen molar-refractivity contribution in [2.45, 2.75) is 32.0 Å². The molecule has 3 nitrogen and oxygen atoms in total. The van der Waals surface area contributed by atoms with Gasteiger partial charge in [-0.25, -0.2) is 4.39 Å². The predicted molar refractivity (Wildman–Crippen MR) is 69.2 cm³/mol. The Morgan fingerprint density at radius 1 is 1.44 bits per heavy atom. The van der Waals surface area contributed by atoms with Crippen LogP contribution in [-0.4, -0.2) is 24.4 Å². The van der Waals surface area contributed by atoms with Crippen LogP contribution in [0.25, 0.3) is 0 Å². The van der Waals surface area contributed by atoms with E-state index in [0.717, 1.165) is 12.8 Å². The zero-order valence-corrected chi connectivity index (χ0v) is 11.7. The zero-order chi connectivity index (χ0) is 13.1. The third-order valence-electron chi connectivity index (χ3n) is 2.94. The first-order valence-corrected chi connectivity index (χ1v) is 6.78. The molecule has 5 heteroatoms. The molecule has 0 unspecified atom stereocenters. The normalized spacial score (nSPS) is 18.7. The fourth-order valence-electron chi connectivity index (χ4n) is 2.04. The van der Waals surface area contributed by atoms with Crippen molar-refractivity contribution in [1.82, 2.24) is 0 Å². The van der Waals surface area contributed by atoms with E-state index in [9.17, 15) is 9.50 Å². The molecular formula is C13H16BrFO3. The van der Waals surface area contributed by atoms with Crippen molar-refractivity contribution < 1.29 is 19.0 Å². The van der Waals surface area contributed by atoms with E-state index in [0.29, 0.717) is 23.4 Å². The van der Waals surface area contributed by atoms with Gasteiger partial charge in [-0.3, -0.25) is 0 Å². The van der Waals surface area contributed by atoms with Gasteiger partial charge < -0.3 is 14.6 Å². The maximum atomic E-state index is 13.8. The molecule has 0 saturated carbocycles. The lowest BCUT2D eigenvalue weighted by atomic mass is 10.1. The molecule has 1 aliphatic heterocycles. The molecule has 0 amide bonds. The van der Waals surface area contributed by atoms with E-state index in [1.165, 1.54) is 13.0 Å². The predicted octanol–water partition coefficient (Wildman–Crippen LogP) is 3.20. The first kappa shape index (κ1) is 13.8. The van der Waals surface area contributed by atoms with Crippen molar-refractivity contribution in [2.75, 3.05) is 13.2 Å². The molecule has 1 aliphatic rings. The summed E-state index contributed by atoms with van der Waals surface area (Å²) < 4.78 is 25.5. The summed E-state index contributed by atoms with van der Waals surface area (Å²) in [6.45, 7) is 2.85. The molecule has 1 atom stereocenters. The van der Waals surface area contributed by atoms with Gasteiger partial charge in [-0.1, -0.05) is 15.9 Å². The Hall–Kier alpha value is -0.650. The molecule has 18 heavy (non-hydrogen) atoms. The third-order valence-corrected chi connectivity index (χ3v) is 3.39. The fourth-order valence-corrected chi connectivity index (χ4v) is 2.45. The molecule has 1 N–H and O–H groups in total. The second-order valence-corrected chi connectivity index (χ2v) is 5.32. The van der Waals surface area contributed by atoms with Crippen molar-refractivity contribution in [3.8, 4) is 5.75 Å². The zero-order valence-electron chi connectivity index (χ0n) is 10.2. The summed E-state index contributed by atoms with van der Waals surface area (Å²) in [5.41, 5.74) is 0.213. The second-order valence-electron chi connectivity index (χ2n) is 4.40. The van der Waals surface area contributed by atoms with Crippen LogP contribution in [0.5, 0.6) is 5.75 Å². The average molecular weight is 319 g/mol. The molecule has 0 aromatic heterocycles. The van der Waals surface area contributed by atoms with E-state index in [2.05, 4.69) is 15.9 Å². The highest BCUT2D eigenvalue weighted by molar-refractivity contribution is 9.10. The Balaban J connectivity index is 2.24. The van der Waals surface area contributed by atoms with Crippen LogP contribution in [0.3, 0.4) is 0 Å². The molecular weight excluding hydrogens is 303 g/mol. The Labute approximate surface area is 114 Å². The maximum Gasteiger partial charge on any atom is 0.133 e. The Bertz CT molecular complexity index is 417. The number of aliphatic hydroxyl groups is 1. The van der Waals surface area contributed by atoms with Crippen LogP contribution in [0.4, 0.5) is 4.39 Å². The highest BCUT2D eigenvalue weighted by Gasteiger charge is 2.21. The van der Waals surface area contributed by atoms with Crippen LogP contribution in [0.2, 0.25) is 0 Å². The van der Waals surface area contributed by atoms with E-state index in [1.54, 1.807) is 6.07 Å².